The first-order valence-electron chi connectivity index (χ1n) is 9.27. The molecule has 1 aromatic rings. The van der Waals surface area contributed by atoms with Crippen molar-refractivity contribution in [1.82, 2.24) is 4.90 Å². The summed E-state index contributed by atoms with van der Waals surface area (Å²) in [6, 6.07) is 6.60. The van der Waals surface area contributed by atoms with E-state index < -0.39 is 47.3 Å². The number of nitrogens with zero attached hydrogens (tertiary/aromatic N) is 2. The van der Waals surface area contributed by atoms with Crippen LogP contribution in [0.4, 0.5) is 0 Å². The third-order valence-electron chi connectivity index (χ3n) is 5.33. The van der Waals surface area contributed by atoms with Crippen LogP contribution in [0.1, 0.15) is 25.3 Å². The fraction of sp³-hybridized carbons (Fsp3) is 0.333. The Balaban J connectivity index is 2.28. The number of esters is 1. The van der Waals surface area contributed by atoms with Crippen molar-refractivity contribution in [3.05, 3.63) is 58.8 Å². The minimum Gasteiger partial charge on any atom is -0.462 e. The van der Waals surface area contributed by atoms with Crippen molar-refractivity contribution in [3.8, 4) is 6.07 Å². The minimum atomic E-state index is -1.80. The van der Waals surface area contributed by atoms with Crippen LogP contribution in [0, 0.1) is 16.7 Å². The summed E-state index contributed by atoms with van der Waals surface area (Å²) in [5, 5.41) is 10.7. The maximum atomic E-state index is 13.3. The third kappa shape index (κ3) is 3.31. The number of nitriles is 1. The van der Waals surface area contributed by atoms with Gasteiger partial charge >= 0.3 is 5.97 Å². The minimum absolute atomic E-state index is 0.123. The molecular weight excluding hydrogens is 408 g/mol. The van der Waals surface area contributed by atoms with Crippen molar-refractivity contribution in [2.75, 3.05) is 0 Å². The highest BCUT2D eigenvalue weighted by Gasteiger charge is 2.66. The van der Waals surface area contributed by atoms with Crippen LogP contribution in [0.5, 0.6) is 0 Å². The van der Waals surface area contributed by atoms with E-state index in [4.69, 9.17) is 27.8 Å². The fourth-order valence-electron chi connectivity index (χ4n) is 4.14. The number of nitrogens with two attached hydrogens (primary N) is 2. The Morgan fingerprint density at radius 3 is 2.37 bits per heavy atom. The van der Waals surface area contributed by atoms with E-state index in [0.717, 1.165) is 0 Å². The molecular formula is C21H21ClN4O4. The lowest BCUT2D eigenvalue weighted by Gasteiger charge is -2.33. The normalized spacial score (nSPS) is 27.2. The second-order valence-corrected chi connectivity index (χ2v) is 7.95. The number of halogens is 1. The molecule has 156 valence electrons. The Morgan fingerprint density at radius 2 is 1.87 bits per heavy atom. The molecule has 0 radical (unpaired) electrons. The lowest BCUT2D eigenvalue weighted by atomic mass is 9.68. The molecule has 4 unspecified atom stereocenters. The summed E-state index contributed by atoms with van der Waals surface area (Å²) in [7, 11) is 0. The van der Waals surface area contributed by atoms with E-state index in [1.807, 2.05) is 0 Å². The van der Waals surface area contributed by atoms with Gasteiger partial charge in [0.2, 0.25) is 11.8 Å². The summed E-state index contributed by atoms with van der Waals surface area (Å²) in [5.74, 6) is -3.22. The number of ether oxygens (including phenoxy) is 1. The van der Waals surface area contributed by atoms with Gasteiger partial charge in [0.25, 0.3) is 0 Å². The molecule has 2 amide bonds. The zero-order valence-corrected chi connectivity index (χ0v) is 17.2. The summed E-state index contributed by atoms with van der Waals surface area (Å²) in [6.07, 6.45) is 3.82. The largest absolute Gasteiger partial charge is 0.462 e. The first kappa shape index (κ1) is 21.4. The van der Waals surface area contributed by atoms with Crippen LogP contribution in [0.3, 0.4) is 0 Å². The molecule has 1 aromatic carbocycles. The van der Waals surface area contributed by atoms with Gasteiger partial charge < -0.3 is 21.1 Å². The molecule has 0 aliphatic carbocycles. The third-order valence-corrected chi connectivity index (χ3v) is 5.58. The first-order valence-corrected chi connectivity index (χ1v) is 9.65. The van der Waals surface area contributed by atoms with Gasteiger partial charge in [-0.05, 0) is 37.6 Å². The number of hydrogen-bond donors (Lipinski definition) is 2. The van der Waals surface area contributed by atoms with Gasteiger partial charge in [0.15, 0.2) is 5.41 Å². The molecule has 1 saturated heterocycles. The molecule has 0 aromatic heterocycles. The molecule has 2 aliphatic heterocycles. The standard InChI is InChI=1S/C21H21ClN4O4/c1-11(2)30-20(29)21(10-23)15-8-5-13(18(24)27)9-26(15)17(19(25)28)16(21)12-3-6-14(22)7-4-12/h3-9,11,15-17H,1-2H3,(H2,24,27)(H2,25,28). The number of fused-ring (bicyclic) bond motifs is 1. The van der Waals surface area contributed by atoms with E-state index in [1.165, 1.54) is 23.3 Å². The number of amides is 2. The topological polar surface area (TPSA) is 140 Å². The SMILES string of the molecule is CC(C)OC(=O)C1(C#N)C(c2ccc(Cl)cc2)C(C(N)=O)N2C=C(C(N)=O)C=CC21. The van der Waals surface area contributed by atoms with E-state index in [9.17, 15) is 19.6 Å². The molecule has 8 nitrogen and oxygen atoms in total. The van der Waals surface area contributed by atoms with Crippen molar-refractivity contribution in [3.63, 3.8) is 0 Å². The molecule has 9 heteroatoms. The van der Waals surface area contributed by atoms with Gasteiger partial charge in [0.05, 0.1) is 23.8 Å². The van der Waals surface area contributed by atoms with Gasteiger partial charge in [0.1, 0.15) is 6.04 Å². The van der Waals surface area contributed by atoms with E-state index >= 15 is 0 Å². The molecule has 2 heterocycles. The number of carbonyl (C=O) groups excluding carboxylic acids is 3. The number of hydrogen-bond acceptors (Lipinski definition) is 6. The molecule has 1 fully saturated rings. The quantitative estimate of drug-likeness (QED) is 0.678. The molecule has 3 rings (SSSR count). The zero-order valence-electron chi connectivity index (χ0n) is 16.4. The second kappa shape index (κ2) is 7.84. The smallest absolute Gasteiger partial charge is 0.329 e. The Labute approximate surface area is 178 Å². The Kier molecular flexibility index (Phi) is 5.59. The Hall–Kier alpha value is -3.31. The van der Waals surface area contributed by atoms with Gasteiger partial charge in [-0.15, -0.1) is 0 Å². The van der Waals surface area contributed by atoms with Crippen LogP contribution in [0.25, 0.3) is 0 Å². The first-order chi connectivity index (χ1) is 14.1. The number of primary amides is 2. The predicted molar refractivity (Wildman–Crippen MR) is 108 cm³/mol. The van der Waals surface area contributed by atoms with Crippen LogP contribution in [-0.4, -0.2) is 40.9 Å². The predicted octanol–water partition coefficient (Wildman–Crippen LogP) is 1.36. The average molecular weight is 429 g/mol. The molecule has 2 aliphatic rings. The molecule has 4 N–H and O–H groups in total. The van der Waals surface area contributed by atoms with E-state index in [0.29, 0.717) is 10.6 Å². The second-order valence-electron chi connectivity index (χ2n) is 7.51. The maximum absolute atomic E-state index is 13.3. The lowest BCUT2D eigenvalue weighted by molar-refractivity contribution is -0.157. The Morgan fingerprint density at radius 1 is 1.23 bits per heavy atom. The average Bonchev–Trinajstić information content (AvgIpc) is 2.98. The van der Waals surface area contributed by atoms with Crippen molar-refractivity contribution >= 4 is 29.4 Å². The summed E-state index contributed by atoms with van der Waals surface area (Å²) in [6.45, 7) is 3.33. The number of carbonyl (C=O) groups is 3. The van der Waals surface area contributed by atoms with Crippen LogP contribution < -0.4 is 11.5 Å². The molecule has 30 heavy (non-hydrogen) atoms. The van der Waals surface area contributed by atoms with Gasteiger partial charge in [-0.25, -0.2) is 0 Å². The van der Waals surface area contributed by atoms with E-state index in [-0.39, 0.29) is 5.57 Å². The van der Waals surface area contributed by atoms with Crippen LogP contribution in [0.2, 0.25) is 5.02 Å². The number of benzene rings is 1. The van der Waals surface area contributed by atoms with Crippen LogP contribution >= 0.6 is 11.6 Å². The van der Waals surface area contributed by atoms with Crippen molar-refractivity contribution in [2.24, 2.45) is 16.9 Å². The number of rotatable bonds is 5. The molecule has 0 spiro atoms. The molecule has 0 bridgehead atoms. The summed E-state index contributed by atoms with van der Waals surface area (Å²) in [4.78, 5) is 39.0. The highest BCUT2D eigenvalue weighted by molar-refractivity contribution is 6.30. The monoisotopic (exact) mass is 428 g/mol. The Bertz CT molecular complexity index is 995. The van der Waals surface area contributed by atoms with Crippen molar-refractivity contribution < 1.29 is 19.1 Å². The highest BCUT2D eigenvalue weighted by Crippen LogP contribution is 2.53. The van der Waals surface area contributed by atoms with Gasteiger partial charge in [-0.1, -0.05) is 29.8 Å². The van der Waals surface area contributed by atoms with Crippen molar-refractivity contribution in [2.45, 2.75) is 38.0 Å². The summed E-state index contributed by atoms with van der Waals surface area (Å²) < 4.78 is 5.44. The molecule has 4 atom stereocenters. The lowest BCUT2D eigenvalue weighted by Crippen LogP contribution is -2.46. The summed E-state index contributed by atoms with van der Waals surface area (Å²) in [5.41, 5.74) is 9.95. The van der Waals surface area contributed by atoms with E-state index in [2.05, 4.69) is 6.07 Å². The van der Waals surface area contributed by atoms with Gasteiger partial charge in [-0.2, -0.15) is 5.26 Å². The fourth-order valence-corrected chi connectivity index (χ4v) is 4.26. The summed E-state index contributed by atoms with van der Waals surface area (Å²) >= 11 is 6.00. The van der Waals surface area contributed by atoms with Gasteiger partial charge in [-0.3, -0.25) is 14.4 Å². The zero-order chi connectivity index (χ0) is 22.2. The molecule has 0 saturated carbocycles. The van der Waals surface area contributed by atoms with Crippen LogP contribution in [-0.2, 0) is 19.1 Å². The van der Waals surface area contributed by atoms with Gasteiger partial charge in [0, 0.05) is 17.1 Å². The maximum Gasteiger partial charge on any atom is 0.329 e. The van der Waals surface area contributed by atoms with E-state index in [1.54, 1.807) is 38.1 Å². The van der Waals surface area contributed by atoms with Crippen LogP contribution in [0.15, 0.2) is 48.2 Å². The highest BCUT2D eigenvalue weighted by atomic mass is 35.5. The van der Waals surface area contributed by atoms with Crippen molar-refractivity contribution in [1.29, 1.82) is 5.26 Å².